The summed E-state index contributed by atoms with van der Waals surface area (Å²) in [4.78, 5) is 0. The van der Waals surface area contributed by atoms with Gasteiger partial charge in [0.25, 0.3) is 0 Å². The maximum atomic E-state index is 5.45. The fraction of sp³-hybridized carbons (Fsp3) is 0.846. The second kappa shape index (κ2) is 4.97. The lowest BCUT2D eigenvalue weighted by Gasteiger charge is -2.23. The molecular weight excluding hydrogens is 228 g/mol. The molecule has 18 heavy (non-hydrogen) atoms. The Morgan fingerprint density at radius 3 is 3.06 bits per heavy atom. The Balaban J connectivity index is 1.65. The monoisotopic (exact) mass is 250 g/mol. The SMILES string of the molecule is CC(NC(C)C1CCOC1)c1nnc2n1CCC2. The zero-order chi connectivity index (χ0) is 12.5. The predicted octanol–water partition coefficient (Wildman–Crippen LogP) is 1.30. The third-order valence-corrected chi connectivity index (χ3v) is 4.21. The van der Waals surface area contributed by atoms with Crippen LogP contribution in [0.2, 0.25) is 0 Å². The maximum absolute atomic E-state index is 5.45. The zero-order valence-corrected chi connectivity index (χ0v) is 11.2. The predicted molar refractivity (Wildman–Crippen MR) is 68.3 cm³/mol. The highest BCUT2D eigenvalue weighted by Gasteiger charge is 2.26. The highest BCUT2D eigenvalue weighted by Crippen LogP contribution is 2.22. The lowest BCUT2D eigenvalue weighted by Crippen LogP contribution is -2.36. The fourth-order valence-electron chi connectivity index (χ4n) is 3.05. The normalized spacial score (nSPS) is 26.2. The van der Waals surface area contributed by atoms with Crippen LogP contribution in [0.15, 0.2) is 0 Å². The molecule has 0 bridgehead atoms. The van der Waals surface area contributed by atoms with Crippen molar-refractivity contribution in [2.24, 2.45) is 5.92 Å². The summed E-state index contributed by atoms with van der Waals surface area (Å²) in [5, 5.41) is 12.3. The number of fused-ring (bicyclic) bond motifs is 1. The van der Waals surface area contributed by atoms with Gasteiger partial charge in [-0.3, -0.25) is 0 Å². The molecule has 0 saturated carbocycles. The van der Waals surface area contributed by atoms with Gasteiger partial charge in [-0.25, -0.2) is 0 Å². The van der Waals surface area contributed by atoms with E-state index in [4.69, 9.17) is 4.74 Å². The molecule has 0 aliphatic carbocycles. The molecule has 5 nitrogen and oxygen atoms in total. The van der Waals surface area contributed by atoms with Gasteiger partial charge in [-0.05, 0) is 32.6 Å². The lowest BCUT2D eigenvalue weighted by molar-refractivity contribution is 0.176. The largest absolute Gasteiger partial charge is 0.381 e. The van der Waals surface area contributed by atoms with Crippen LogP contribution in [0.4, 0.5) is 0 Å². The summed E-state index contributed by atoms with van der Waals surface area (Å²) in [6, 6.07) is 0.733. The number of aromatic nitrogens is 3. The molecule has 1 N–H and O–H groups in total. The second-order valence-electron chi connectivity index (χ2n) is 5.53. The van der Waals surface area contributed by atoms with E-state index in [-0.39, 0.29) is 6.04 Å². The van der Waals surface area contributed by atoms with Crippen LogP contribution in [-0.4, -0.2) is 34.0 Å². The molecular formula is C13H22N4O. The molecule has 100 valence electrons. The number of hydrogen-bond acceptors (Lipinski definition) is 4. The van der Waals surface area contributed by atoms with Gasteiger partial charge in [-0.1, -0.05) is 0 Å². The van der Waals surface area contributed by atoms with Gasteiger partial charge in [0, 0.05) is 25.6 Å². The van der Waals surface area contributed by atoms with E-state index in [9.17, 15) is 0 Å². The van der Waals surface area contributed by atoms with Crippen LogP contribution >= 0.6 is 0 Å². The number of hydrogen-bond donors (Lipinski definition) is 1. The fourth-order valence-corrected chi connectivity index (χ4v) is 3.05. The topological polar surface area (TPSA) is 52.0 Å². The summed E-state index contributed by atoms with van der Waals surface area (Å²) in [6.45, 7) is 7.30. The minimum Gasteiger partial charge on any atom is -0.381 e. The first-order valence-electron chi connectivity index (χ1n) is 7.01. The van der Waals surface area contributed by atoms with E-state index in [1.807, 2.05) is 0 Å². The molecule has 1 saturated heterocycles. The Bertz CT molecular complexity index is 411. The van der Waals surface area contributed by atoms with Gasteiger partial charge in [0.2, 0.25) is 0 Å². The van der Waals surface area contributed by atoms with E-state index < -0.39 is 0 Å². The molecule has 2 aliphatic rings. The summed E-state index contributed by atoms with van der Waals surface area (Å²) in [7, 11) is 0. The van der Waals surface area contributed by atoms with Gasteiger partial charge in [0.05, 0.1) is 12.6 Å². The Morgan fingerprint density at radius 2 is 2.28 bits per heavy atom. The standard InChI is InChI=1S/C13H22N4O/c1-9(11-5-7-18-8-11)14-10(2)13-16-15-12-4-3-6-17(12)13/h9-11,14H,3-8H2,1-2H3. The van der Waals surface area contributed by atoms with Crippen LogP contribution in [0.1, 0.15) is 44.4 Å². The third kappa shape index (κ3) is 2.17. The molecule has 3 atom stereocenters. The van der Waals surface area contributed by atoms with Crippen LogP contribution in [0.5, 0.6) is 0 Å². The van der Waals surface area contributed by atoms with Gasteiger partial charge in [-0.2, -0.15) is 0 Å². The van der Waals surface area contributed by atoms with E-state index in [2.05, 4.69) is 33.9 Å². The van der Waals surface area contributed by atoms with Crippen molar-refractivity contribution in [3.63, 3.8) is 0 Å². The van der Waals surface area contributed by atoms with Crippen molar-refractivity contribution in [2.45, 2.75) is 51.7 Å². The molecule has 1 aromatic heterocycles. The molecule has 0 radical (unpaired) electrons. The van der Waals surface area contributed by atoms with Gasteiger partial charge in [0.1, 0.15) is 11.6 Å². The number of rotatable bonds is 4. The number of ether oxygens (including phenoxy) is 1. The van der Waals surface area contributed by atoms with E-state index in [1.165, 1.54) is 12.8 Å². The number of nitrogens with one attached hydrogen (secondary N) is 1. The Kier molecular flexibility index (Phi) is 3.35. The molecule has 0 aromatic carbocycles. The van der Waals surface area contributed by atoms with Crippen molar-refractivity contribution >= 4 is 0 Å². The van der Waals surface area contributed by atoms with Crippen molar-refractivity contribution in [2.75, 3.05) is 13.2 Å². The van der Waals surface area contributed by atoms with Crippen LogP contribution in [0.25, 0.3) is 0 Å². The number of nitrogens with zero attached hydrogens (tertiary/aromatic N) is 3. The molecule has 3 heterocycles. The molecule has 2 aliphatic heterocycles. The van der Waals surface area contributed by atoms with Crippen LogP contribution < -0.4 is 5.32 Å². The Hall–Kier alpha value is -0.940. The van der Waals surface area contributed by atoms with Crippen molar-refractivity contribution in [3.05, 3.63) is 11.6 Å². The second-order valence-corrected chi connectivity index (χ2v) is 5.53. The highest BCUT2D eigenvalue weighted by molar-refractivity contribution is 5.04. The Morgan fingerprint density at radius 1 is 1.39 bits per heavy atom. The lowest BCUT2D eigenvalue weighted by atomic mass is 10.00. The van der Waals surface area contributed by atoms with E-state index >= 15 is 0 Å². The summed E-state index contributed by atoms with van der Waals surface area (Å²) in [6.07, 6.45) is 3.45. The van der Waals surface area contributed by atoms with Crippen LogP contribution in [0.3, 0.4) is 0 Å². The minimum absolute atomic E-state index is 0.264. The highest BCUT2D eigenvalue weighted by atomic mass is 16.5. The number of aryl methyl sites for hydroxylation is 1. The van der Waals surface area contributed by atoms with E-state index in [1.54, 1.807) is 0 Å². The average molecular weight is 250 g/mol. The molecule has 5 heteroatoms. The van der Waals surface area contributed by atoms with Crippen LogP contribution in [0, 0.1) is 5.92 Å². The van der Waals surface area contributed by atoms with Crippen molar-refractivity contribution in [1.82, 2.24) is 20.1 Å². The Labute approximate surface area is 108 Å². The molecule has 1 aromatic rings. The van der Waals surface area contributed by atoms with Crippen molar-refractivity contribution in [3.8, 4) is 0 Å². The van der Waals surface area contributed by atoms with Crippen molar-refractivity contribution < 1.29 is 4.74 Å². The quantitative estimate of drug-likeness (QED) is 0.875. The third-order valence-electron chi connectivity index (χ3n) is 4.21. The molecule has 0 spiro atoms. The molecule has 3 rings (SSSR count). The summed E-state index contributed by atoms with van der Waals surface area (Å²) in [5.41, 5.74) is 0. The van der Waals surface area contributed by atoms with E-state index in [0.717, 1.165) is 37.8 Å². The smallest absolute Gasteiger partial charge is 0.149 e. The molecule has 3 unspecified atom stereocenters. The first-order chi connectivity index (χ1) is 8.75. The summed E-state index contributed by atoms with van der Waals surface area (Å²) in [5.74, 6) is 2.87. The first-order valence-corrected chi connectivity index (χ1v) is 7.01. The first kappa shape index (κ1) is 12.1. The average Bonchev–Trinajstić information content (AvgIpc) is 3.06. The van der Waals surface area contributed by atoms with Gasteiger partial charge < -0.3 is 14.6 Å². The molecule has 1 fully saturated rings. The summed E-state index contributed by atoms with van der Waals surface area (Å²) < 4.78 is 7.72. The molecule has 0 amide bonds. The van der Waals surface area contributed by atoms with E-state index in [0.29, 0.717) is 12.0 Å². The van der Waals surface area contributed by atoms with Gasteiger partial charge in [0.15, 0.2) is 0 Å². The maximum Gasteiger partial charge on any atom is 0.149 e. The zero-order valence-electron chi connectivity index (χ0n) is 11.2. The van der Waals surface area contributed by atoms with Crippen molar-refractivity contribution in [1.29, 1.82) is 0 Å². The van der Waals surface area contributed by atoms with Gasteiger partial charge in [-0.15, -0.1) is 10.2 Å². The van der Waals surface area contributed by atoms with Crippen LogP contribution in [-0.2, 0) is 17.7 Å². The summed E-state index contributed by atoms with van der Waals surface area (Å²) >= 11 is 0. The van der Waals surface area contributed by atoms with Gasteiger partial charge >= 0.3 is 0 Å². The minimum atomic E-state index is 0.264.